The summed E-state index contributed by atoms with van der Waals surface area (Å²) in [4.78, 5) is 0. The number of hydrogen-bond donors (Lipinski definition) is 1. The van der Waals surface area contributed by atoms with E-state index >= 15 is 0 Å². The van der Waals surface area contributed by atoms with E-state index in [0.717, 1.165) is 25.2 Å². The molecular formula is C11H21N3O. The lowest BCUT2D eigenvalue weighted by Gasteiger charge is -2.22. The van der Waals surface area contributed by atoms with Gasteiger partial charge in [0.05, 0.1) is 11.3 Å². The molecule has 0 aliphatic heterocycles. The average Bonchev–Trinajstić information content (AvgIpc) is 2.64. The van der Waals surface area contributed by atoms with Crippen molar-refractivity contribution in [2.24, 2.45) is 0 Å². The number of aromatic nitrogens is 2. The van der Waals surface area contributed by atoms with Gasteiger partial charge in [0.25, 0.3) is 0 Å². The molecule has 4 heteroatoms. The van der Waals surface area contributed by atoms with Gasteiger partial charge in [0.15, 0.2) is 0 Å². The number of nitrogens with zero attached hydrogens (tertiary/aromatic N) is 2. The minimum absolute atomic E-state index is 0.0743. The summed E-state index contributed by atoms with van der Waals surface area (Å²) in [6, 6.07) is 2.04. The van der Waals surface area contributed by atoms with Crippen LogP contribution in [0.4, 0.5) is 0 Å². The maximum Gasteiger partial charge on any atom is 0.0762 e. The minimum Gasteiger partial charge on any atom is -0.379 e. The first-order valence-corrected chi connectivity index (χ1v) is 5.29. The van der Waals surface area contributed by atoms with E-state index < -0.39 is 0 Å². The fourth-order valence-corrected chi connectivity index (χ4v) is 1.29. The molecule has 1 heterocycles. The van der Waals surface area contributed by atoms with Crippen LogP contribution in [0.3, 0.4) is 0 Å². The first kappa shape index (κ1) is 12.2. The van der Waals surface area contributed by atoms with Gasteiger partial charge in [0.2, 0.25) is 0 Å². The van der Waals surface area contributed by atoms with Crippen molar-refractivity contribution < 1.29 is 4.74 Å². The Balaban J connectivity index is 2.44. The van der Waals surface area contributed by atoms with Crippen molar-refractivity contribution in [3.63, 3.8) is 0 Å². The third-order valence-electron chi connectivity index (χ3n) is 2.55. The summed E-state index contributed by atoms with van der Waals surface area (Å²) >= 11 is 0. The predicted molar refractivity (Wildman–Crippen MR) is 60.7 cm³/mol. The van der Waals surface area contributed by atoms with Crippen molar-refractivity contribution in [2.45, 2.75) is 39.0 Å². The molecule has 0 radical (unpaired) electrons. The Morgan fingerprint density at radius 1 is 1.53 bits per heavy atom. The maximum absolute atomic E-state index is 5.36. The number of methoxy groups -OCH3 is 1. The summed E-state index contributed by atoms with van der Waals surface area (Å²) in [5.74, 6) is 0. The molecule has 86 valence electrons. The molecule has 0 saturated carbocycles. The summed E-state index contributed by atoms with van der Waals surface area (Å²) in [6.07, 6.45) is 2.97. The fraction of sp³-hybridized carbons (Fsp3) is 0.727. The Labute approximate surface area is 91.6 Å². The van der Waals surface area contributed by atoms with Crippen LogP contribution in [-0.4, -0.2) is 29.5 Å². The monoisotopic (exact) mass is 211 g/mol. The topological polar surface area (TPSA) is 39.1 Å². The van der Waals surface area contributed by atoms with Crippen molar-refractivity contribution in [3.05, 3.63) is 18.0 Å². The standard InChI is InChI=1S/C11H21N3O/c1-11(2,15-4)6-8-14-7-5-10(13-14)9-12-3/h5,7,12H,6,8-9H2,1-4H3. The first-order chi connectivity index (χ1) is 7.07. The molecule has 0 spiro atoms. The summed E-state index contributed by atoms with van der Waals surface area (Å²) < 4.78 is 7.33. The lowest BCUT2D eigenvalue weighted by molar-refractivity contribution is 0.0113. The minimum atomic E-state index is -0.0743. The van der Waals surface area contributed by atoms with Crippen LogP contribution >= 0.6 is 0 Å². The summed E-state index contributed by atoms with van der Waals surface area (Å²) in [5.41, 5.74) is 1.00. The third-order valence-corrected chi connectivity index (χ3v) is 2.55. The molecule has 0 saturated heterocycles. The molecule has 0 amide bonds. The third kappa shape index (κ3) is 4.01. The molecule has 0 atom stereocenters. The van der Waals surface area contributed by atoms with Crippen LogP contribution < -0.4 is 5.32 Å². The molecule has 0 unspecified atom stereocenters. The second-order valence-electron chi connectivity index (χ2n) is 4.31. The largest absolute Gasteiger partial charge is 0.379 e. The van der Waals surface area contributed by atoms with E-state index in [2.05, 4.69) is 24.3 Å². The Morgan fingerprint density at radius 3 is 2.87 bits per heavy atom. The van der Waals surface area contributed by atoms with E-state index in [1.807, 2.05) is 24.0 Å². The van der Waals surface area contributed by atoms with Crippen molar-refractivity contribution in [3.8, 4) is 0 Å². The smallest absolute Gasteiger partial charge is 0.0762 e. The summed E-state index contributed by atoms with van der Waals surface area (Å²) in [7, 11) is 3.67. The second kappa shape index (κ2) is 5.28. The van der Waals surface area contributed by atoms with Crippen LogP contribution in [-0.2, 0) is 17.8 Å². The van der Waals surface area contributed by atoms with Crippen LogP contribution in [0.1, 0.15) is 26.0 Å². The highest BCUT2D eigenvalue weighted by Crippen LogP contribution is 2.13. The molecule has 4 nitrogen and oxygen atoms in total. The number of hydrogen-bond acceptors (Lipinski definition) is 3. The van der Waals surface area contributed by atoms with Gasteiger partial charge < -0.3 is 10.1 Å². The van der Waals surface area contributed by atoms with Crippen LogP contribution in [0, 0.1) is 0 Å². The molecule has 1 N–H and O–H groups in total. The van der Waals surface area contributed by atoms with E-state index in [1.54, 1.807) is 7.11 Å². The van der Waals surface area contributed by atoms with Gasteiger partial charge in [-0.3, -0.25) is 4.68 Å². The summed E-state index contributed by atoms with van der Waals surface area (Å²) in [5, 5.41) is 7.52. The second-order valence-corrected chi connectivity index (χ2v) is 4.31. The van der Waals surface area contributed by atoms with Gasteiger partial charge in [-0.1, -0.05) is 0 Å². The van der Waals surface area contributed by atoms with Gasteiger partial charge in [0.1, 0.15) is 0 Å². The number of aryl methyl sites for hydroxylation is 1. The predicted octanol–water partition coefficient (Wildman–Crippen LogP) is 1.42. The molecule has 0 aliphatic rings. The highest BCUT2D eigenvalue weighted by atomic mass is 16.5. The van der Waals surface area contributed by atoms with E-state index in [4.69, 9.17) is 4.74 Å². The molecule has 0 aliphatic carbocycles. The van der Waals surface area contributed by atoms with Crippen molar-refractivity contribution in [1.29, 1.82) is 0 Å². The number of ether oxygens (including phenoxy) is 1. The van der Waals surface area contributed by atoms with Crippen molar-refractivity contribution in [1.82, 2.24) is 15.1 Å². The van der Waals surface area contributed by atoms with Crippen LogP contribution in [0.25, 0.3) is 0 Å². The Hall–Kier alpha value is -0.870. The lowest BCUT2D eigenvalue weighted by atomic mass is 10.1. The molecule has 0 fully saturated rings. The average molecular weight is 211 g/mol. The Kier molecular flexibility index (Phi) is 4.29. The van der Waals surface area contributed by atoms with Crippen molar-refractivity contribution >= 4 is 0 Å². The first-order valence-electron chi connectivity index (χ1n) is 5.29. The van der Waals surface area contributed by atoms with Gasteiger partial charge in [-0.25, -0.2) is 0 Å². The van der Waals surface area contributed by atoms with Crippen LogP contribution in [0.15, 0.2) is 12.3 Å². The molecular weight excluding hydrogens is 190 g/mol. The molecule has 15 heavy (non-hydrogen) atoms. The Morgan fingerprint density at radius 2 is 2.27 bits per heavy atom. The zero-order chi connectivity index (χ0) is 11.3. The molecule has 1 aromatic heterocycles. The normalized spacial score (nSPS) is 12.0. The molecule has 1 aromatic rings. The van der Waals surface area contributed by atoms with E-state index in [0.29, 0.717) is 0 Å². The van der Waals surface area contributed by atoms with Crippen molar-refractivity contribution in [2.75, 3.05) is 14.2 Å². The van der Waals surface area contributed by atoms with Crippen LogP contribution in [0.2, 0.25) is 0 Å². The lowest BCUT2D eigenvalue weighted by Crippen LogP contribution is -2.24. The van der Waals surface area contributed by atoms with Gasteiger partial charge in [-0.15, -0.1) is 0 Å². The van der Waals surface area contributed by atoms with E-state index in [-0.39, 0.29) is 5.60 Å². The maximum atomic E-state index is 5.36. The van der Waals surface area contributed by atoms with Gasteiger partial charge in [-0.05, 0) is 33.4 Å². The highest BCUT2D eigenvalue weighted by molar-refractivity contribution is 4.98. The summed E-state index contributed by atoms with van der Waals surface area (Å²) in [6.45, 7) is 5.89. The SMILES string of the molecule is CNCc1ccn(CCC(C)(C)OC)n1. The molecule has 0 aromatic carbocycles. The zero-order valence-electron chi connectivity index (χ0n) is 10.1. The van der Waals surface area contributed by atoms with Gasteiger partial charge in [0, 0.05) is 26.4 Å². The zero-order valence-corrected chi connectivity index (χ0v) is 10.1. The number of rotatable bonds is 6. The van der Waals surface area contributed by atoms with Gasteiger partial charge >= 0.3 is 0 Å². The molecule has 1 rings (SSSR count). The molecule has 0 bridgehead atoms. The van der Waals surface area contributed by atoms with Crippen LogP contribution in [0.5, 0.6) is 0 Å². The highest BCUT2D eigenvalue weighted by Gasteiger charge is 2.15. The van der Waals surface area contributed by atoms with E-state index in [9.17, 15) is 0 Å². The fourth-order valence-electron chi connectivity index (χ4n) is 1.29. The Bertz CT molecular complexity index is 294. The van der Waals surface area contributed by atoms with Gasteiger partial charge in [-0.2, -0.15) is 5.10 Å². The quantitative estimate of drug-likeness (QED) is 0.773. The van der Waals surface area contributed by atoms with E-state index in [1.165, 1.54) is 0 Å². The number of nitrogens with one attached hydrogen (secondary N) is 1.